The molecule has 0 atom stereocenters. The molecule has 94 valence electrons. The molecule has 1 amide bonds. The Balaban J connectivity index is 2.29. The number of nitrogens with one attached hydrogen (secondary N) is 2. The fraction of sp³-hybridized carbons (Fsp3) is 0.0714. The number of hydrogen-bond acceptors (Lipinski definition) is 3. The molecule has 0 fully saturated rings. The minimum absolute atomic E-state index is 0.269. The summed E-state index contributed by atoms with van der Waals surface area (Å²) in [7, 11) is 0. The molecule has 0 aliphatic carbocycles. The zero-order chi connectivity index (χ0) is 13.8. The van der Waals surface area contributed by atoms with Crippen LogP contribution in [-0.2, 0) is 0 Å². The van der Waals surface area contributed by atoms with Gasteiger partial charge in [0.05, 0.1) is 11.6 Å². The van der Waals surface area contributed by atoms with Crippen LogP contribution in [0.4, 0.5) is 5.69 Å². The largest absolute Gasteiger partial charge is 0.329 e. The quantitative estimate of drug-likeness (QED) is 0.855. The van der Waals surface area contributed by atoms with E-state index in [1.54, 1.807) is 18.2 Å². The van der Waals surface area contributed by atoms with E-state index in [2.05, 4.69) is 10.3 Å². The normalized spacial score (nSPS) is 9.68. The molecule has 0 radical (unpaired) electrons. The molecule has 0 spiro atoms. The second-order valence-corrected chi connectivity index (χ2v) is 4.04. The van der Waals surface area contributed by atoms with Crippen molar-refractivity contribution in [1.29, 1.82) is 5.26 Å². The molecule has 1 heterocycles. The molecule has 0 aliphatic heterocycles. The maximum Gasteiger partial charge on any atom is 0.255 e. The molecular weight excluding hydrogens is 242 g/mol. The van der Waals surface area contributed by atoms with Gasteiger partial charge >= 0.3 is 0 Å². The predicted molar refractivity (Wildman–Crippen MR) is 70.9 cm³/mol. The predicted octanol–water partition coefficient (Wildman–Crippen LogP) is 1.81. The highest BCUT2D eigenvalue weighted by Gasteiger charge is 2.08. The Kier molecular flexibility index (Phi) is 3.44. The van der Waals surface area contributed by atoms with Gasteiger partial charge in [-0.1, -0.05) is 6.07 Å². The monoisotopic (exact) mass is 253 g/mol. The van der Waals surface area contributed by atoms with Crippen LogP contribution in [0.25, 0.3) is 0 Å². The maximum absolute atomic E-state index is 12.0. The summed E-state index contributed by atoms with van der Waals surface area (Å²) in [5, 5.41) is 11.5. The number of anilines is 1. The number of carbonyl (C=O) groups excluding carboxylic acids is 1. The van der Waals surface area contributed by atoms with Gasteiger partial charge in [0.2, 0.25) is 5.56 Å². The van der Waals surface area contributed by atoms with Crippen molar-refractivity contribution in [3.05, 3.63) is 63.6 Å². The van der Waals surface area contributed by atoms with E-state index < -0.39 is 0 Å². The highest BCUT2D eigenvalue weighted by molar-refractivity contribution is 6.04. The molecule has 0 saturated heterocycles. The van der Waals surface area contributed by atoms with Crippen LogP contribution in [0.1, 0.15) is 21.5 Å². The number of nitrogens with zero attached hydrogens (tertiary/aromatic N) is 1. The van der Waals surface area contributed by atoms with E-state index in [1.165, 1.54) is 18.3 Å². The molecule has 2 aromatic rings. The second kappa shape index (κ2) is 5.19. The lowest BCUT2D eigenvalue weighted by Crippen LogP contribution is -2.16. The highest BCUT2D eigenvalue weighted by atomic mass is 16.2. The smallest absolute Gasteiger partial charge is 0.255 e. The highest BCUT2D eigenvalue weighted by Crippen LogP contribution is 2.17. The summed E-state index contributed by atoms with van der Waals surface area (Å²) in [5.41, 5.74) is 1.80. The first kappa shape index (κ1) is 12.6. The number of aromatic nitrogens is 1. The Morgan fingerprint density at radius 3 is 2.79 bits per heavy atom. The molecule has 0 saturated carbocycles. The van der Waals surface area contributed by atoms with Gasteiger partial charge in [0.1, 0.15) is 0 Å². The molecule has 1 aromatic carbocycles. The van der Waals surface area contributed by atoms with E-state index in [1.807, 2.05) is 13.0 Å². The van der Waals surface area contributed by atoms with Crippen LogP contribution >= 0.6 is 0 Å². The molecule has 2 rings (SSSR count). The average molecular weight is 253 g/mol. The zero-order valence-corrected chi connectivity index (χ0v) is 10.2. The van der Waals surface area contributed by atoms with Gasteiger partial charge < -0.3 is 10.3 Å². The Morgan fingerprint density at radius 1 is 1.32 bits per heavy atom. The summed E-state index contributed by atoms with van der Waals surface area (Å²) >= 11 is 0. The molecule has 0 aliphatic rings. The van der Waals surface area contributed by atoms with Crippen LogP contribution in [0.15, 0.2) is 41.3 Å². The maximum atomic E-state index is 12.0. The number of aryl methyl sites for hydroxylation is 1. The van der Waals surface area contributed by atoms with Crippen LogP contribution in [0, 0.1) is 18.3 Å². The van der Waals surface area contributed by atoms with Gasteiger partial charge in [-0.15, -0.1) is 0 Å². The first-order chi connectivity index (χ1) is 9.10. The summed E-state index contributed by atoms with van der Waals surface area (Å²) in [6.07, 6.45) is 1.41. The summed E-state index contributed by atoms with van der Waals surface area (Å²) in [4.78, 5) is 25.5. The van der Waals surface area contributed by atoms with Gasteiger partial charge in [0.25, 0.3) is 5.91 Å². The third-order valence-corrected chi connectivity index (χ3v) is 2.65. The molecule has 1 aromatic heterocycles. The number of H-pyrrole nitrogens is 1. The lowest BCUT2D eigenvalue weighted by atomic mass is 10.1. The number of nitriles is 1. The van der Waals surface area contributed by atoms with Gasteiger partial charge in [-0.05, 0) is 30.7 Å². The molecule has 5 nitrogen and oxygen atoms in total. The van der Waals surface area contributed by atoms with Gasteiger partial charge in [0, 0.05) is 23.5 Å². The minimum atomic E-state index is -0.385. The standard InChI is InChI=1S/C14H11N3O2/c1-9-2-3-10(8-15)6-12(9)17-14(19)11-4-5-16-13(18)7-11/h2-7H,1H3,(H,16,18)(H,17,19). The van der Waals surface area contributed by atoms with Crippen molar-refractivity contribution in [2.75, 3.05) is 5.32 Å². The topological polar surface area (TPSA) is 85.8 Å². The zero-order valence-electron chi connectivity index (χ0n) is 10.2. The fourth-order valence-corrected chi connectivity index (χ4v) is 1.61. The van der Waals surface area contributed by atoms with Crippen molar-refractivity contribution in [2.24, 2.45) is 0 Å². The summed E-state index contributed by atoms with van der Waals surface area (Å²) in [6.45, 7) is 1.83. The lowest BCUT2D eigenvalue weighted by Gasteiger charge is -2.08. The Hall–Kier alpha value is -2.87. The first-order valence-electron chi connectivity index (χ1n) is 5.61. The minimum Gasteiger partial charge on any atom is -0.329 e. The third-order valence-electron chi connectivity index (χ3n) is 2.65. The molecule has 0 bridgehead atoms. The van der Waals surface area contributed by atoms with E-state index in [0.717, 1.165) is 5.56 Å². The van der Waals surface area contributed by atoms with Crippen molar-refractivity contribution >= 4 is 11.6 Å². The number of pyridine rings is 1. The second-order valence-electron chi connectivity index (χ2n) is 4.04. The van der Waals surface area contributed by atoms with Gasteiger partial charge in [-0.2, -0.15) is 5.26 Å². The van der Waals surface area contributed by atoms with Gasteiger partial charge in [0.15, 0.2) is 0 Å². The Bertz CT molecular complexity index is 726. The summed E-state index contributed by atoms with van der Waals surface area (Å²) in [5.74, 6) is -0.385. The fourth-order valence-electron chi connectivity index (χ4n) is 1.61. The van der Waals surface area contributed by atoms with Crippen LogP contribution in [0.3, 0.4) is 0 Å². The van der Waals surface area contributed by atoms with Gasteiger partial charge in [-0.25, -0.2) is 0 Å². The van der Waals surface area contributed by atoms with E-state index in [-0.39, 0.29) is 17.0 Å². The van der Waals surface area contributed by atoms with Crippen LogP contribution in [0.2, 0.25) is 0 Å². The number of hydrogen-bond donors (Lipinski definition) is 2. The van der Waals surface area contributed by atoms with Crippen molar-refractivity contribution in [3.8, 4) is 6.07 Å². The lowest BCUT2D eigenvalue weighted by molar-refractivity contribution is 0.102. The third kappa shape index (κ3) is 2.87. The van der Waals surface area contributed by atoms with Crippen LogP contribution < -0.4 is 10.9 Å². The van der Waals surface area contributed by atoms with Gasteiger partial charge in [-0.3, -0.25) is 9.59 Å². The number of carbonyl (C=O) groups is 1. The van der Waals surface area contributed by atoms with Crippen molar-refractivity contribution < 1.29 is 4.79 Å². The molecule has 19 heavy (non-hydrogen) atoms. The SMILES string of the molecule is Cc1ccc(C#N)cc1NC(=O)c1cc[nH]c(=O)c1. The van der Waals surface area contributed by atoms with Crippen LogP contribution in [0.5, 0.6) is 0 Å². The van der Waals surface area contributed by atoms with Crippen molar-refractivity contribution in [3.63, 3.8) is 0 Å². The van der Waals surface area contributed by atoms with E-state index >= 15 is 0 Å². The van der Waals surface area contributed by atoms with E-state index in [0.29, 0.717) is 11.3 Å². The van der Waals surface area contributed by atoms with Crippen molar-refractivity contribution in [2.45, 2.75) is 6.92 Å². The average Bonchev–Trinajstić information content (AvgIpc) is 2.41. The summed E-state index contributed by atoms with van der Waals surface area (Å²) < 4.78 is 0. The van der Waals surface area contributed by atoms with E-state index in [9.17, 15) is 9.59 Å². The van der Waals surface area contributed by atoms with Crippen molar-refractivity contribution in [1.82, 2.24) is 4.98 Å². The number of aromatic amines is 1. The molecule has 0 unspecified atom stereocenters. The molecule has 5 heteroatoms. The van der Waals surface area contributed by atoms with Crippen LogP contribution in [-0.4, -0.2) is 10.9 Å². The first-order valence-corrected chi connectivity index (χ1v) is 5.61. The number of benzene rings is 1. The summed E-state index contributed by atoms with van der Waals surface area (Å²) in [6, 6.07) is 9.78. The number of amides is 1. The molecule has 2 N–H and O–H groups in total. The molecular formula is C14H11N3O2. The Labute approximate surface area is 109 Å². The number of rotatable bonds is 2. The Morgan fingerprint density at radius 2 is 2.11 bits per heavy atom. The van der Waals surface area contributed by atoms with E-state index in [4.69, 9.17) is 5.26 Å².